The minimum Gasteiger partial charge on any atom is -0.493 e. The quantitative estimate of drug-likeness (QED) is 0.204. The average molecular weight is 562 g/mol. The van der Waals surface area contributed by atoms with Gasteiger partial charge in [-0.3, -0.25) is 9.79 Å². The number of halogens is 1. The Morgan fingerprint density at radius 3 is 2.44 bits per heavy atom. The number of rotatable bonds is 10. The molecule has 0 spiro atoms. The van der Waals surface area contributed by atoms with Crippen LogP contribution in [0.2, 0.25) is 0 Å². The zero-order valence-electron chi connectivity index (χ0n) is 20.1. The smallest absolute Gasteiger partial charge is 0.308 e. The minimum atomic E-state index is -0.117. The van der Waals surface area contributed by atoms with E-state index in [0.29, 0.717) is 13.2 Å². The molecule has 0 unspecified atom stereocenters. The second-order valence-corrected chi connectivity index (χ2v) is 7.55. The molecule has 9 heteroatoms. The van der Waals surface area contributed by atoms with Crippen molar-refractivity contribution in [1.29, 1.82) is 0 Å². The normalized spacial score (nSPS) is 14.7. The molecule has 1 N–H and O–H groups in total. The van der Waals surface area contributed by atoms with Crippen LogP contribution < -0.4 is 14.8 Å². The van der Waals surface area contributed by atoms with Crippen LogP contribution in [0.3, 0.4) is 0 Å². The lowest BCUT2D eigenvalue weighted by molar-refractivity contribution is -0.146. The molecule has 1 aromatic rings. The van der Waals surface area contributed by atoms with Crippen LogP contribution in [0.25, 0.3) is 0 Å². The summed E-state index contributed by atoms with van der Waals surface area (Å²) in [4.78, 5) is 20.6. The summed E-state index contributed by atoms with van der Waals surface area (Å²) in [5, 5.41) is 3.41. The van der Waals surface area contributed by atoms with Crippen molar-refractivity contribution in [2.75, 3.05) is 60.6 Å². The molecule has 1 aliphatic rings. The second-order valence-electron chi connectivity index (χ2n) is 7.55. The Kier molecular flexibility index (Phi) is 13.4. The third kappa shape index (κ3) is 8.31. The summed E-state index contributed by atoms with van der Waals surface area (Å²) < 4.78 is 16.3. The average Bonchev–Trinajstić information content (AvgIpc) is 2.82. The summed E-state index contributed by atoms with van der Waals surface area (Å²) in [5.41, 5.74) is 1.08. The van der Waals surface area contributed by atoms with Gasteiger partial charge in [0.05, 0.1) is 20.1 Å². The van der Waals surface area contributed by atoms with Crippen LogP contribution >= 0.6 is 24.0 Å². The summed E-state index contributed by atoms with van der Waals surface area (Å²) in [7, 11) is 4.89. The van der Waals surface area contributed by atoms with Gasteiger partial charge in [-0.2, -0.15) is 0 Å². The van der Waals surface area contributed by atoms with Crippen molar-refractivity contribution in [3.05, 3.63) is 23.8 Å². The van der Waals surface area contributed by atoms with Crippen molar-refractivity contribution in [2.45, 2.75) is 33.2 Å². The van der Waals surface area contributed by atoms with Crippen molar-refractivity contribution in [3.63, 3.8) is 0 Å². The molecule has 0 amide bonds. The number of nitrogens with one attached hydrogen (secondary N) is 1. The third-order valence-corrected chi connectivity index (χ3v) is 5.78. The second kappa shape index (κ2) is 15.2. The molecule has 1 aromatic carbocycles. The van der Waals surface area contributed by atoms with E-state index in [2.05, 4.69) is 34.0 Å². The van der Waals surface area contributed by atoms with Crippen molar-refractivity contribution in [1.82, 2.24) is 15.1 Å². The molecule has 182 valence electrons. The number of benzene rings is 1. The van der Waals surface area contributed by atoms with E-state index in [4.69, 9.17) is 14.2 Å². The van der Waals surface area contributed by atoms with Crippen LogP contribution in [0.5, 0.6) is 11.5 Å². The number of carbonyl (C=O) groups is 1. The van der Waals surface area contributed by atoms with Crippen molar-refractivity contribution in [2.24, 2.45) is 10.9 Å². The topological polar surface area (TPSA) is 75.6 Å². The van der Waals surface area contributed by atoms with Crippen LogP contribution in [-0.2, 0) is 16.1 Å². The van der Waals surface area contributed by atoms with Crippen LogP contribution in [-0.4, -0.2) is 82.3 Å². The molecule has 1 heterocycles. The maximum atomic E-state index is 11.7. The Balaban J connectivity index is 0.00000512. The summed E-state index contributed by atoms with van der Waals surface area (Å²) >= 11 is 0. The highest BCUT2D eigenvalue weighted by molar-refractivity contribution is 14.0. The highest BCUT2D eigenvalue weighted by Crippen LogP contribution is 2.28. The Bertz CT molecular complexity index is 720. The van der Waals surface area contributed by atoms with E-state index < -0.39 is 0 Å². The number of guanidine groups is 1. The largest absolute Gasteiger partial charge is 0.493 e. The number of aliphatic imine (C=N–C) groups is 1. The molecule has 0 aromatic heterocycles. The van der Waals surface area contributed by atoms with Gasteiger partial charge in [0.1, 0.15) is 6.61 Å². The Morgan fingerprint density at radius 1 is 1.19 bits per heavy atom. The number of hydrogen-bond acceptors (Lipinski definition) is 6. The molecule has 1 fully saturated rings. The first-order valence-corrected chi connectivity index (χ1v) is 11.1. The highest BCUT2D eigenvalue weighted by atomic mass is 127. The molecule has 0 bridgehead atoms. The van der Waals surface area contributed by atoms with Crippen molar-refractivity contribution >= 4 is 35.9 Å². The maximum absolute atomic E-state index is 11.7. The van der Waals surface area contributed by atoms with Gasteiger partial charge in [-0.15, -0.1) is 24.0 Å². The fraction of sp³-hybridized carbons (Fsp3) is 0.652. The number of nitrogens with zero attached hydrogens (tertiary/aromatic N) is 3. The molecule has 0 atom stereocenters. The van der Waals surface area contributed by atoms with E-state index in [1.807, 2.05) is 18.2 Å². The maximum Gasteiger partial charge on any atom is 0.308 e. The highest BCUT2D eigenvalue weighted by Gasteiger charge is 2.26. The molecule has 1 aliphatic heterocycles. The summed E-state index contributed by atoms with van der Waals surface area (Å²) in [6, 6.07) is 6.00. The Morgan fingerprint density at radius 2 is 1.88 bits per heavy atom. The Hall–Kier alpha value is -1.75. The van der Waals surface area contributed by atoms with E-state index in [9.17, 15) is 4.79 Å². The van der Waals surface area contributed by atoms with Gasteiger partial charge in [0.15, 0.2) is 17.5 Å². The number of esters is 1. The first-order chi connectivity index (χ1) is 15.1. The third-order valence-electron chi connectivity index (χ3n) is 5.78. The van der Waals surface area contributed by atoms with Gasteiger partial charge < -0.3 is 29.3 Å². The first kappa shape index (κ1) is 28.3. The Labute approximate surface area is 209 Å². The molecule has 1 saturated heterocycles. The van der Waals surface area contributed by atoms with Gasteiger partial charge in [-0.1, -0.05) is 19.9 Å². The van der Waals surface area contributed by atoms with E-state index in [0.717, 1.165) is 68.6 Å². The number of likely N-dealkylation sites (N-methyl/N-ethyl adjacent to an activating group) is 1. The van der Waals surface area contributed by atoms with Crippen molar-refractivity contribution in [3.8, 4) is 11.5 Å². The van der Waals surface area contributed by atoms with E-state index in [1.165, 1.54) is 7.11 Å². The molecule has 32 heavy (non-hydrogen) atoms. The van der Waals surface area contributed by atoms with Gasteiger partial charge in [-0.05, 0) is 43.6 Å². The van der Waals surface area contributed by atoms with Crippen LogP contribution in [0.15, 0.2) is 23.2 Å². The van der Waals surface area contributed by atoms with Crippen LogP contribution in [0.1, 0.15) is 32.3 Å². The zero-order valence-corrected chi connectivity index (χ0v) is 22.4. The molecule has 2 rings (SSSR count). The number of piperidine rings is 1. The molecule has 0 saturated carbocycles. The monoisotopic (exact) mass is 562 g/mol. The lowest BCUT2D eigenvalue weighted by atomic mass is 9.97. The predicted octanol–water partition coefficient (Wildman–Crippen LogP) is 2.99. The molecular formula is C23H39IN4O4. The van der Waals surface area contributed by atoms with Gasteiger partial charge in [-0.25, -0.2) is 0 Å². The standard InChI is InChI=1S/C23H38N4O4.HI/c1-6-26(7-2)14-15-31-20-9-8-18(16-21(20)29-4)17-25-23(24-3)27-12-10-19(11-13-27)22(28)30-5;/h8-9,16,19H,6-7,10-15,17H2,1-5H3,(H,24,25);1H. The lowest BCUT2D eigenvalue weighted by Crippen LogP contribution is -2.46. The molecular weight excluding hydrogens is 523 g/mol. The molecule has 0 aliphatic carbocycles. The molecule has 0 radical (unpaired) electrons. The van der Waals surface area contributed by atoms with E-state index in [1.54, 1.807) is 14.2 Å². The van der Waals surface area contributed by atoms with Crippen LogP contribution in [0, 0.1) is 5.92 Å². The van der Waals surface area contributed by atoms with Gasteiger partial charge in [0.25, 0.3) is 0 Å². The molecule has 8 nitrogen and oxygen atoms in total. The SMILES string of the molecule is CCN(CC)CCOc1ccc(CNC(=NC)N2CCC(C(=O)OC)CC2)cc1OC.I. The number of likely N-dealkylation sites (tertiary alicyclic amines) is 1. The summed E-state index contributed by atoms with van der Waals surface area (Å²) in [6.45, 7) is 10.0. The number of carbonyl (C=O) groups excluding carboxylic acids is 1. The van der Waals surface area contributed by atoms with Crippen molar-refractivity contribution < 1.29 is 19.0 Å². The fourth-order valence-electron chi connectivity index (χ4n) is 3.77. The van der Waals surface area contributed by atoms with Gasteiger partial charge in [0.2, 0.25) is 0 Å². The first-order valence-electron chi connectivity index (χ1n) is 11.1. The summed E-state index contributed by atoms with van der Waals surface area (Å²) in [6.07, 6.45) is 1.56. The van der Waals surface area contributed by atoms with E-state index in [-0.39, 0.29) is 35.9 Å². The van der Waals surface area contributed by atoms with Gasteiger partial charge in [0, 0.05) is 33.2 Å². The minimum absolute atomic E-state index is 0. The number of hydrogen-bond donors (Lipinski definition) is 1. The lowest BCUT2D eigenvalue weighted by Gasteiger charge is -2.33. The fourth-order valence-corrected chi connectivity index (χ4v) is 3.77. The predicted molar refractivity (Wildman–Crippen MR) is 138 cm³/mol. The number of methoxy groups -OCH3 is 2. The summed E-state index contributed by atoms with van der Waals surface area (Å²) in [5.74, 6) is 2.19. The number of ether oxygens (including phenoxy) is 3. The van der Waals surface area contributed by atoms with Gasteiger partial charge >= 0.3 is 5.97 Å². The zero-order chi connectivity index (χ0) is 22.6. The van der Waals surface area contributed by atoms with E-state index >= 15 is 0 Å². The van der Waals surface area contributed by atoms with Crippen LogP contribution in [0.4, 0.5) is 0 Å².